The smallest absolute Gasteiger partial charge is 0.261 e. The van der Waals surface area contributed by atoms with Crippen LogP contribution in [0.15, 0.2) is 36.4 Å². The monoisotopic (exact) mass is 378 g/mol. The number of fused-ring (bicyclic) bond motifs is 2. The molecular weight excluding hydrogens is 360 g/mol. The molecule has 2 aromatic carbocycles. The molecule has 7 heteroatoms. The van der Waals surface area contributed by atoms with E-state index in [1.54, 1.807) is 36.4 Å². The number of hydrogen-bond acceptors (Lipinski definition) is 5. The van der Waals surface area contributed by atoms with Crippen LogP contribution in [0.3, 0.4) is 0 Å². The minimum absolute atomic E-state index is 0.0512. The van der Waals surface area contributed by atoms with Gasteiger partial charge in [-0.15, -0.1) is 0 Å². The third-order valence-corrected chi connectivity index (χ3v) is 5.05. The summed E-state index contributed by atoms with van der Waals surface area (Å²) in [6.45, 7) is 1.92. The molecule has 0 fully saturated rings. The van der Waals surface area contributed by atoms with Crippen LogP contribution in [0.1, 0.15) is 54.8 Å². The van der Waals surface area contributed by atoms with Gasteiger partial charge in [-0.1, -0.05) is 19.1 Å². The first-order valence-corrected chi connectivity index (χ1v) is 9.09. The molecule has 0 radical (unpaired) electrons. The summed E-state index contributed by atoms with van der Waals surface area (Å²) in [5, 5.41) is 9.06. The molecule has 2 aromatic rings. The fourth-order valence-corrected chi connectivity index (χ4v) is 3.67. The van der Waals surface area contributed by atoms with E-state index in [9.17, 15) is 19.2 Å². The van der Waals surface area contributed by atoms with Crippen molar-refractivity contribution in [3.05, 3.63) is 58.7 Å². The number of carbonyl (C=O) groups excluding carboxylic acids is 4. The van der Waals surface area contributed by atoms with Crippen LogP contribution in [0.2, 0.25) is 0 Å². The second-order valence-corrected chi connectivity index (χ2v) is 6.77. The Morgan fingerprint density at radius 2 is 1.11 bits per heavy atom. The lowest BCUT2D eigenvalue weighted by Gasteiger charge is -2.11. The number of imide groups is 2. The second-order valence-electron chi connectivity index (χ2n) is 6.77. The number of aliphatic hydroxyl groups is 1. The highest BCUT2D eigenvalue weighted by molar-refractivity contribution is 6.23. The number of carbonyl (C=O) groups is 4. The van der Waals surface area contributed by atoms with Crippen molar-refractivity contribution in [2.75, 3.05) is 19.7 Å². The van der Waals surface area contributed by atoms with Crippen LogP contribution < -0.4 is 0 Å². The van der Waals surface area contributed by atoms with Crippen LogP contribution in [0.4, 0.5) is 0 Å². The normalized spacial score (nSPS) is 15.5. The van der Waals surface area contributed by atoms with E-state index in [0.29, 0.717) is 40.8 Å². The van der Waals surface area contributed by atoms with Crippen molar-refractivity contribution in [2.24, 2.45) is 0 Å². The van der Waals surface area contributed by atoms with Crippen LogP contribution in [0, 0.1) is 0 Å². The van der Waals surface area contributed by atoms with Gasteiger partial charge in [0, 0.05) is 6.54 Å². The second kappa shape index (κ2) is 6.69. The van der Waals surface area contributed by atoms with Crippen LogP contribution in [0.5, 0.6) is 0 Å². The Morgan fingerprint density at radius 1 is 0.679 bits per heavy atom. The molecule has 0 saturated carbocycles. The average Bonchev–Trinajstić information content (AvgIpc) is 3.08. The van der Waals surface area contributed by atoms with E-state index < -0.39 is 11.8 Å². The Bertz CT molecular complexity index is 960. The molecule has 28 heavy (non-hydrogen) atoms. The molecule has 142 valence electrons. The third kappa shape index (κ3) is 2.55. The maximum absolute atomic E-state index is 12.6. The van der Waals surface area contributed by atoms with Gasteiger partial charge < -0.3 is 5.11 Å². The minimum atomic E-state index is -0.447. The Morgan fingerprint density at radius 3 is 1.54 bits per heavy atom. The Balaban J connectivity index is 1.72. The number of β-amino-alcohol motifs (C(OH)–C–C–N with tert-alkyl or cyclic N) is 1. The van der Waals surface area contributed by atoms with E-state index >= 15 is 0 Å². The first-order valence-electron chi connectivity index (χ1n) is 9.09. The van der Waals surface area contributed by atoms with Gasteiger partial charge in [0.05, 0.1) is 35.4 Å². The van der Waals surface area contributed by atoms with Gasteiger partial charge in [0.1, 0.15) is 0 Å². The van der Waals surface area contributed by atoms with Gasteiger partial charge in [-0.2, -0.15) is 0 Å². The van der Waals surface area contributed by atoms with E-state index in [0.717, 1.165) is 4.90 Å². The maximum atomic E-state index is 12.6. The van der Waals surface area contributed by atoms with E-state index in [4.69, 9.17) is 5.11 Å². The number of aliphatic hydroxyl groups excluding tert-OH is 1. The van der Waals surface area contributed by atoms with Crippen molar-refractivity contribution in [3.8, 4) is 11.1 Å². The summed E-state index contributed by atoms with van der Waals surface area (Å²) in [6.07, 6.45) is 0.684. The number of benzene rings is 2. The summed E-state index contributed by atoms with van der Waals surface area (Å²) in [4.78, 5) is 51.9. The highest BCUT2D eigenvalue weighted by Gasteiger charge is 2.36. The number of amides is 4. The van der Waals surface area contributed by atoms with Crippen molar-refractivity contribution in [3.63, 3.8) is 0 Å². The van der Waals surface area contributed by atoms with Gasteiger partial charge in [0.25, 0.3) is 23.6 Å². The van der Waals surface area contributed by atoms with Crippen molar-refractivity contribution >= 4 is 23.6 Å². The van der Waals surface area contributed by atoms with Crippen molar-refractivity contribution in [1.82, 2.24) is 9.80 Å². The fraction of sp³-hybridized carbons (Fsp3) is 0.238. The van der Waals surface area contributed by atoms with E-state index in [1.807, 2.05) is 6.92 Å². The number of hydrogen-bond donors (Lipinski definition) is 1. The average molecular weight is 378 g/mol. The SMILES string of the molecule is CCCN1C(=O)c2ccc(-c3ccc4c(c3)C(=O)N(CCO)C4=O)cc2C1=O. The summed E-state index contributed by atoms with van der Waals surface area (Å²) in [5.41, 5.74) is 2.64. The Kier molecular flexibility index (Phi) is 4.31. The minimum Gasteiger partial charge on any atom is -0.395 e. The Labute approximate surface area is 161 Å². The molecule has 0 aliphatic carbocycles. The topological polar surface area (TPSA) is 95.0 Å². The molecule has 0 atom stereocenters. The molecule has 1 N–H and O–H groups in total. The fourth-order valence-electron chi connectivity index (χ4n) is 3.67. The molecule has 0 aromatic heterocycles. The van der Waals surface area contributed by atoms with Crippen LogP contribution in [-0.4, -0.2) is 58.2 Å². The zero-order valence-corrected chi connectivity index (χ0v) is 15.3. The standard InChI is InChI=1S/C21H18N2O5/c1-2-7-22-18(25)14-5-3-12(10-16(14)20(22)27)13-4-6-15-17(11-13)21(28)23(8-9-24)19(15)26/h3-6,10-11,24H,2,7-9H2,1H3. The third-order valence-electron chi connectivity index (χ3n) is 5.05. The lowest BCUT2D eigenvalue weighted by Crippen LogP contribution is -2.32. The van der Waals surface area contributed by atoms with Crippen LogP contribution in [0.25, 0.3) is 11.1 Å². The number of rotatable bonds is 5. The molecule has 0 saturated heterocycles. The molecule has 0 unspecified atom stereocenters. The van der Waals surface area contributed by atoms with Gasteiger partial charge in [-0.25, -0.2) is 0 Å². The molecule has 7 nitrogen and oxygen atoms in total. The largest absolute Gasteiger partial charge is 0.395 e. The summed E-state index contributed by atoms with van der Waals surface area (Å²) in [6, 6.07) is 9.90. The van der Waals surface area contributed by atoms with Crippen LogP contribution in [-0.2, 0) is 0 Å². The van der Waals surface area contributed by atoms with Crippen molar-refractivity contribution < 1.29 is 24.3 Å². The zero-order valence-electron chi connectivity index (χ0n) is 15.3. The van der Waals surface area contributed by atoms with Gasteiger partial charge in [-0.05, 0) is 41.8 Å². The molecular formula is C21H18N2O5. The van der Waals surface area contributed by atoms with E-state index in [-0.39, 0.29) is 30.5 Å². The maximum Gasteiger partial charge on any atom is 0.261 e. The summed E-state index contributed by atoms with van der Waals surface area (Å²) >= 11 is 0. The van der Waals surface area contributed by atoms with Gasteiger partial charge in [-0.3, -0.25) is 29.0 Å². The summed E-state index contributed by atoms with van der Waals surface area (Å²) < 4.78 is 0. The molecule has 2 aliphatic rings. The molecule has 0 bridgehead atoms. The Hall–Kier alpha value is -3.32. The van der Waals surface area contributed by atoms with E-state index in [1.165, 1.54) is 4.90 Å². The highest BCUT2D eigenvalue weighted by atomic mass is 16.3. The highest BCUT2D eigenvalue weighted by Crippen LogP contribution is 2.32. The number of nitrogens with zero attached hydrogens (tertiary/aromatic N) is 2. The molecule has 4 rings (SSSR count). The van der Waals surface area contributed by atoms with E-state index in [2.05, 4.69) is 0 Å². The predicted molar refractivity (Wildman–Crippen MR) is 100.0 cm³/mol. The predicted octanol–water partition coefficient (Wildman–Crippen LogP) is 1.95. The van der Waals surface area contributed by atoms with Gasteiger partial charge in [0.15, 0.2) is 0 Å². The lowest BCUT2D eigenvalue weighted by atomic mass is 9.97. The first-order chi connectivity index (χ1) is 13.5. The van der Waals surface area contributed by atoms with Crippen LogP contribution >= 0.6 is 0 Å². The zero-order chi connectivity index (χ0) is 20.0. The molecule has 2 aliphatic heterocycles. The summed E-state index contributed by atoms with van der Waals surface area (Å²) in [7, 11) is 0. The lowest BCUT2D eigenvalue weighted by molar-refractivity contribution is 0.0618. The van der Waals surface area contributed by atoms with Crippen molar-refractivity contribution in [2.45, 2.75) is 13.3 Å². The van der Waals surface area contributed by atoms with Crippen molar-refractivity contribution in [1.29, 1.82) is 0 Å². The molecule has 2 heterocycles. The molecule has 4 amide bonds. The van der Waals surface area contributed by atoms with Gasteiger partial charge >= 0.3 is 0 Å². The quantitative estimate of drug-likeness (QED) is 0.803. The first kappa shape index (κ1) is 18.1. The molecule has 0 spiro atoms. The van der Waals surface area contributed by atoms with Gasteiger partial charge in [0.2, 0.25) is 0 Å². The summed E-state index contributed by atoms with van der Waals surface area (Å²) in [5.74, 6) is -1.48.